The third-order valence-corrected chi connectivity index (χ3v) is 4.55. The van der Waals surface area contributed by atoms with E-state index < -0.39 is 0 Å². The maximum absolute atomic E-state index is 5.05. The molecule has 0 heterocycles. The van der Waals surface area contributed by atoms with Gasteiger partial charge in [0.15, 0.2) is 0 Å². The minimum atomic E-state index is 1.18. The van der Waals surface area contributed by atoms with E-state index in [-0.39, 0.29) is 0 Å². The average Bonchev–Trinajstić information content (AvgIpc) is 2.51. The second-order valence-corrected chi connectivity index (χ2v) is 6.80. The van der Waals surface area contributed by atoms with Gasteiger partial charge in [0.2, 0.25) is 0 Å². The van der Waals surface area contributed by atoms with Gasteiger partial charge in [0.1, 0.15) is 0 Å². The van der Waals surface area contributed by atoms with Crippen molar-refractivity contribution in [3.05, 3.63) is 29.8 Å². The van der Waals surface area contributed by atoms with E-state index in [2.05, 4.69) is 31.2 Å². The molecule has 0 aromatic heterocycles. The monoisotopic (exact) mass is 308 g/mol. The fraction of sp³-hybridized carbons (Fsp3) is 0.684. The Morgan fingerprint density at radius 1 is 0.762 bits per heavy atom. The number of aryl methyl sites for hydroxylation is 1. The fourth-order valence-electron chi connectivity index (χ4n) is 2.62. The van der Waals surface area contributed by atoms with Crippen LogP contribution in [0, 0.1) is 0 Å². The number of benzene rings is 1. The van der Waals surface area contributed by atoms with E-state index in [1.807, 2.05) is 0 Å². The lowest BCUT2D eigenvalue weighted by molar-refractivity contribution is 0.490. The molecular formula is C19H32OS. The Morgan fingerprint density at radius 3 is 1.81 bits per heavy atom. The topological polar surface area (TPSA) is 9.23 Å². The predicted molar refractivity (Wildman–Crippen MR) is 94.9 cm³/mol. The van der Waals surface area contributed by atoms with Gasteiger partial charge in [-0.15, -0.1) is 0 Å². The van der Waals surface area contributed by atoms with Crippen LogP contribution >= 0.6 is 12.0 Å². The van der Waals surface area contributed by atoms with E-state index in [1.165, 1.54) is 93.1 Å². The Labute approximate surface area is 136 Å². The van der Waals surface area contributed by atoms with Crippen LogP contribution in [-0.2, 0) is 10.6 Å². The first-order chi connectivity index (χ1) is 10.4. The van der Waals surface area contributed by atoms with Gasteiger partial charge in [-0.05, 0) is 30.5 Å². The quantitative estimate of drug-likeness (QED) is 0.292. The molecule has 0 atom stereocenters. The molecule has 0 N–H and O–H groups in total. The van der Waals surface area contributed by atoms with Gasteiger partial charge < -0.3 is 4.18 Å². The first-order valence-corrected chi connectivity index (χ1v) is 9.40. The lowest BCUT2D eigenvalue weighted by Gasteiger charge is -2.04. The summed E-state index contributed by atoms with van der Waals surface area (Å²) in [7, 11) is 1.71. The van der Waals surface area contributed by atoms with Crippen LogP contribution in [0.5, 0.6) is 0 Å². The highest BCUT2D eigenvalue weighted by Gasteiger charge is 1.97. The van der Waals surface area contributed by atoms with Gasteiger partial charge in [-0.2, -0.15) is 0 Å². The molecule has 0 amide bonds. The molecule has 0 aliphatic carbocycles. The van der Waals surface area contributed by atoms with Crippen LogP contribution in [0.15, 0.2) is 29.2 Å². The zero-order valence-corrected chi connectivity index (χ0v) is 14.7. The van der Waals surface area contributed by atoms with Gasteiger partial charge in [0.05, 0.1) is 7.11 Å². The SMILES string of the molecule is CCCCCCCCCCCCc1ccc(SOC)cc1. The maximum Gasteiger partial charge on any atom is 0.0508 e. The molecule has 0 fully saturated rings. The Morgan fingerprint density at radius 2 is 1.29 bits per heavy atom. The zero-order valence-electron chi connectivity index (χ0n) is 13.9. The fourth-order valence-corrected chi connectivity index (χ4v) is 3.06. The van der Waals surface area contributed by atoms with E-state index >= 15 is 0 Å². The summed E-state index contributed by atoms with van der Waals surface area (Å²) in [6.45, 7) is 2.28. The number of rotatable bonds is 13. The highest BCUT2D eigenvalue weighted by Crippen LogP contribution is 2.19. The van der Waals surface area contributed by atoms with Gasteiger partial charge >= 0.3 is 0 Å². The summed E-state index contributed by atoms with van der Waals surface area (Å²) in [5.41, 5.74) is 1.45. The largest absolute Gasteiger partial charge is 0.314 e. The van der Waals surface area contributed by atoms with Gasteiger partial charge in [-0.3, -0.25) is 0 Å². The molecule has 1 aromatic carbocycles. The van der Waals surface area contributed by atoms with Crippen molar-refractivity contribution in [3.8, 4) is 0 Å². The van der Waals surface area contributed by atoms with Crippen molar-refractivity contribution in [2.75, 3.05) is 7.11 Å². The van der Waals surface area contributed by atoms with Gasteiger partial charge in [0, 0.05) is 16.9 Å². The summed E-state index contributed by atoms with van der Waals surface area (Å²) in [6.07, 6.45) is 15.3. The molecule has 1 nitrogen and oxygen atoms in total. The van der Waals surface area contributed by atoms with E-state index in [1.54, 1.807) is 7.11 Å². The Balaban J connectivity index is 1.94. The maximum atomic E-state index is 5.05. The first kappa shape index (κ1) is 18.6. The lowest BCUT2D eigenvalue weighted by atomic mass is 10.0. The lowest BCUT2D eigenvalue weighted by Crippen LogP contribution is -1.87. The Bertz CT molecular complexity index is 334. The third kappa shape index (κ3) is 9.97. The molecule has 0 saturated carbocycles. The molecule has 0 bridgehead atoms. The van der Waals surface area contributed by atoms with Crippen LogP contribution in [0.2, 0.25) is 0 Å². The summed E-state index contributed by atoms with van der Waals surface area (Å²) in [4.78, 5) is 1.18. The Kier molecular flexibility index (Phi) is 11.7. The second-order valence-electron chi connectivity index (χ2n) is 5.83. The molecule has 0 saturated heterocycles. The van der Waals surface area contributed by atoms with Crippen molar-refractivity contribution < 1.29 is 4.18 Å². The molecule has 120 valence electrons. The molecule has 2 heteroatoms. The molecule has 1 aromatic rings. The summed E-state index contributed by atoms with van der Waals surface area (Å²) >= 11 is 1.43. The van der Waals surface area contributed by atoms with E-state index in [4.69, 9.17) is 4.18 Å². The third-order valence-electron chi connectivity index (χ3n) is 3.92. The number of unbranched alkanes of at least 4 members (excludes halogenated alkanes) is 9. The molecule has 21 heavy (non-hydrogen) atoms. The van der Waals surface area contributed by atoms with Crippen LogP contribution in [0.3, 0.4) is 0 Å². The number of hydrogen-bond donors (Lipinski definition) is 0. The summed E-state index contributed by atoms with van der Waals surface area (Å²) in [5, 5.41) is 0. The summed E-state index contributed by atoms with van der Waals surface area (Å²) < 4.78 is 5.05. The molecule has 1 rings (SSSR count). The van der Waals surface area contributed by atoms with E-state index in [0.717, 1.165) is 0 Å². The van der Waals surface area contributed by atoms with Crippen LogP contribution in [0.1, 0.15) is 76.7 Å². The van der Waals surface area contributed by atoms with Crippen molar-refractivity contribution in [2.24, 2.45) is 0 Å². The van der Waals surface area contributed by atoms with E-state index in [9.17, 15) is 0 Å². The second kappa shape index (κ2) is 13.2. The Hall–Kier alpha value is -0.470. The summed E-state index contributed by atoms with van der Waals surface area (Å²) in [6, 6.07) is 8.77. The standard InChI is InChI=1S/C19H32OS/c1-3-4-5-6-7-8-9-10-11-12-13-18-14-16-19(17-15-18)21-20-2/h14-17H,3-13H2,1-2H3. The highest BCUT2D eigenvalue weighted by atomic mass is 32.2. The molecule has 0 aliphatic heterocycles. The molecule has 0 spiro atoms. The van der Waals surface area contributed by atoms with Gasteiger partial charge in [0.25, 0.3) is 0 Å². The predicted octanol–water partition coefficient (Wildman–Crippen LogP) is 6.80. The van der Waals surface area contributed by atoms with Crippen molar-refractivity contribution in [2.45, 2.75) is 82.4 Å². The highest BCUT2D eigenvalue weighted by molar-refractivity contribution is 7.94. The average molecular weight is 309 g/mol. The molecule has 0 aliphatic rings. The molecule has 0 unspecified atom stereocenters. The normalized spacial score (nSPS) is 11.0. The minimum Gasteiger partial charge on any atom is -0.314 e. The van der Waals surface area contributed by atoms with Crippen molar-refractivity contribution in [1.29, 1.82) is 0 Å². The number of hydrogen-bond acceptors (Lipinski definition) is 2. The van der Waals surface area contributed by atoms with Crippen molar-refractivity contribution in [1.82, 2.24) is 0 Å². The van der Waals surface area contributed by atoms with Crippen molar-refractivity contribution in [3.63, 3.8) is 0 Å². The molecular weight excluding hydrogens is 276 g/mol. The van der Waals surface area contributed by atoms with Gasteiger partial charge in [-0.25, -0.2) is 0 Å². The zero-order chi connectivity index (χ0) is 15.2. The van der Waals surface area contributed by atoms with E-state index in [0.29, 0.717) is 0 Å². The van der Waals surface area contributed by atoms with Crippen molar-refractivity contribution >= 4 is 12.0 Å². The van der Waals surface area contributed by atoms with Gasteiger partial charge in [-0.1, -0.05) is 76.8 Å². The first-order valence-electron chi connectivity index (χ1n) is 8.66. The minimum absolute atomic E-state index is 1.18. The smallest absolute Gasteiger partial charge is 0.0508 e. The molecule has 0 radical (unpaired) electrons. The van der Waals surface area contributed by atoms with Crippen LogP contribution in [0.4, 0.5) is 0 Å². The summed E-state index contributed by atoms with van der Waals surface area (Å²) in [5.74, 6) is 0. The van der Waals surface area contributed by atoms with Crippen LogP contribution in [0.25, 0.3) is 0 Å². The van der Waals surface area contributed by atoms with Crippen LogP contribution in [-0.4, -0.2) is 7.11 Å². The van der Waals surface area contributed by atoms with Crippen LogP contribution < -0.4 is 0 Å².